The van der Waals surface area contributed by atoms with Gasteiger partial charge in [-0.15, -0.1) is 6.42 Å². The van der Waals surface area contributed by atoms with Gasteiger partial charge in [-0.2, -0.15) is 0 Å². The molecule has 1 saturated heterocycles. The Morgan fingerprint density at radius 1 is 1.38 bits per heavy atom. The number of fused-ring (bicyclic) bond motifs is 1. The van der Waals surface area contributed by atoms with Gasteiger partial charge in [-0.1, -0.05) is 21.9 Å². The van der Waals surface area contributed by atoms with Crippen molar-refractivity contribution < 1.29 is 19.1 Å². The molecule has 2 aliphatic rings. The third-order valence-electron chi connectivity index (χ3n) is 2.90. The molecule has 0 bridgehead atoms. The Morgan fingerprint density at radius 3 is 2.81 bits per heavy atom. The van der Waals surface area contributed by atoms with Crippen LogP contribution in [0.2, 0.25) is 0 Å². The Kier molecular flexibility index (Phi) is 3.66. The lowest BCUT2D eigenvalue weighted by atomic mass is 10.2. The highest BCUT2D eigenvalue weighted by molar-refractivity contribution is 9.10. The van der Waals surface area contributed by atoms with E-state index in [9.17, 15) is 9.59 Å². The van der Waals surface area contributed by atoms with Crippen molar-refractivity contribution in [2.45, 2.75) is 0 Å². The number of rotatable bonds is 2. The van der Waals surface area contributed by atoms with E-state index in [1.54, 1.807) is 18.2 Å². The van der Waals surface area contributed by atoms with E-state index in [2.05, 4.69) is 21.9 Å². The lowest BCUT2D eigenvalue weighted by molar-refractivity contribution is -0.122. The molecule has 0 spiro atoms. The highest BCUT2D eigenvalue weighted by atomic mass is 79.9. The lowest BCUT2D eigenvalue weighted by Crippen LogP contribution is -2.28. The molecule has 21 heavy (non-hydrogen) atoms. The molecule has 1 aromatic rings. The van der Waals surface area contributed by atoms with Crippen molar-refractivity contribution in [3.63, 3.8) is 0 Å². The summed E-state index contributed by atoms with van der Waals surface area (Å²) in [6, 6.07) is 3.52. The molecular formula is C14H8BrNO4S. The molecule has 0 radical (unpaired) electrons. The summed E-state index contributed by atoms with van der Waals surface area (Å²) in [5, 5.41) is -0.360. The van der Waals surface area contributed by atoms with Crippen LogP contribution in [0, 0.1) is 12.3 Å². The number of carbonyl (C=O) groups excluding carboxylic acids is 2. The van der Waals surface area contributed by atoms with Gasteiger partial charge in [0.1, 0.15) is 0 Å². The van der Waals surface area contributed by atoms with Gasteiger partial charge in [-0.05, 0) is 35.5 Å². The van der Waals surface area contributed by atoms with Crippen molar-refractivity contribution in [1.82, 2.24) is 4.90 Å². The maximum Gasteiger partial charge on any atom is 0.294 e. The quantitative estimate of drug-likeness (QED) is 0.595. The first-order valence-electron chi connectivity index (χ1n) is 5.88. The second-order valence-electron chi connectivity index (χ2n) is 4.20. The number of nitrogens with zero attached hydrogens (tertiary/aromatic N) is 1. The third kappa shape index (κ3) is 2.52. The van der Waals surface area contributed by atoms with E-state index >= 15 is 0 Å². The SMILES string of the molecule is C#CCN1C(=O)S/C(=C\c2cc3c(cc2Br)OCO3)C1=O. The predicted molar refractivity (Wildman–Crippen MR) is 81.8 cm³/mol. The maximum absolute atomic E-state index is 12.1. The minimum atomic E-state index is -0.382. The van der Waals surface area contributed by atoms with Gasteiger partial charge in [-0.3, -0.25) is 14.5 Å². The van der Waals surface area contributed by atoms with Crippen LogP contribution in [0.25, 0.3) is 6.08 Å². The number of thioether (sulfide) groups is 1. The molecule has 0 aromatic heterocycles. The van der Waals surface area contributed by atoms with Crippen LogP contribution in [0.4, 0.5) is 4.79 Å². The predicted octanol–water partition coefficient (Wildman–Crippen LogP) is 2.85. The van der Waals surface area contributed by atoms with Gasteiger partial charge in [0, 0.05) is 4.47 Å². The summed E-state index contributed by atoms with van der Waals surface area (Å²) in [7, 11) is 0. The molecule has 5 nitrogen and oxygen atoms in total. The molecule has 0 unspecified atom stereocenters. The second kappa shape index (κ2) is 5.47. The van der Waals surface area contributed by atoms with Crippen LogP contribution in [-0.4, -0.2) is 29.4 Å². The summed E-state index contributed by atoms with van der Waals surface area (Å²) in [5.74, 6) is 3.16. The molecule has 0 N–H and O–H groups in total. The molecule has 2 amide bonds. The van der Waals surface area contributed by atoms with Crippen LogP contribution in [-0.2, 0) is 4.79 Å². The number of halogens is 1. The van der Waals surface area contributed by atoms with Crippen molar-refractivity contribution in [3.8, 4) is 23.8 Å². The number of hydrogen-bond acceptors (Lipinski definition) is 5. The van der Waals surface area contributed by atoms with Crippen LogP contribution >= 0.6 is 27.7 Å². The van der Waals surface area contributed by atoms with Crippen molar-refractivity contribution in [1.29, 1.82) is 0 Å². The normalized spacial score (nSPS) is 18.5. The summed E-state index contributed by atoms with van der Waals surface area (Å²) < 4.78 is 11.3. The minimum absolute atomic E-state index is 0.0235. The average Bonchev–Trinajstić information content (AvgIpc) is 2.99. The van der Waals surface area contributed by atoms with E-state index in [0.29, 0.717) is 16.4 Å². The average molecular weight is 366 g/mol. The van der Waals surface area contributed by atoms with Gasteiger partial charge in [0.15, 0.2) is 11.5 Å². The van der Waals surface area contributed by atoms with Crippen molar-refractivity contribution >= 4 is 44.9 Å². The van der Waals surface area contributed by atoms with Gasteiger partial charge < -0.3 is 9.47 Å². The first kappa shape index (κ1) is 14.0. The maximum atomic E-state index is 12.1. The summed E-state index contributed by atoms with van der Waals surface area (Å²) >= 11 is 4.28. The molecule has 1 aromatic carbocycles. The zero-order valence-corrected chi connectivity index (χ0v) is 13.0. The highest BCUT2D eigenvalue weighted by Crippen LogP contribution is 2.39. The fraction of sp³-hybridized carbons (Fsp3) is 0.143. The topological polar surface area (TPSA) is 55.8 Å². The van der Waals surface area contributed by atoms with Crippen molar-refractivity contribution in [2.24, 2.45) is 0 Å². The second-order valence-corrected chi connectivity index (χ2v) is 6.05. The molecule has 0 atom stereocenters. The van der Waals surface area contributed by atoms with Gasteiger partial charge in [0.2, 0.25) is 6.79 Å². The Balaban J connectivity index is 1.95. The van der Waals surface area contributed by atoms with Gasteiger partial charge in [0.05, 0.1) is 11.4 Å². The molecule has 7 heteroatoms. The smallest absolute Gasteiger partial charge is 0.294 e. The van der Waals surface area contributed by atoms with Crippen molar-refractivity contribution in [3.05, 3.63) is 27.1 Å². The van der Waals surface area contributed by atoms with Crippen LogP contribution in [0.3, 0.4) is 0 Å². The molecule has 0 aliphatic carbocycles. The number of carbonyl (C=O) groups is 2. The van der Waals surface area contributed by atoms with Crippen LogP contribution in [0.5, 0.6) is 11.5 Å². The van der Waals surface area contributed by atoms with E-state index in [0.717, 1.165) is 26.7 Å². The number of terminal acetylenes is 1. The monoisotopic (exact) mass is 365 g/mol. The van der Waals surface area contributed by atoms with E-state index < -0.39 is 0 Å². The molecular weight excluding hydrogens is 358 g/mol. The Bertz CT molecular complexity index is 722. The molecule has 106 valence electrons. The first-order valence-corrected chi connectivity index (χ1v) is 7.49. The highest BCUT2D eigenvalue weighted by Gasteiger charge is 2.34. The standard InChI is InChI=1S/C14H8BrNO4S/c1-2-3-16-13(17)12(21-14(16)18)5-8-4-10-11(6-9(8)15)20-7-19-10/h1,4-6H,3,7H2/b12-5-. The van der Waals surface area contributed by atoms with E-state index in [4.69, 9.17) is 15.9 Å². The Morgan fingerprint density at radius 2 is 2.10 bits per heavy atom. The fourth-order valence-electron chi connectivity index (χ4n) is 1.91. The van der Waals surface area contributed by atoms with Gasteiger partial charge in [0.25, 0.3) is 11.1 Å². The summed E-state index contributed by atoms with van der Waals surface area (Å²) in [6.07, 6.45) is 6.79. The number of amides is 2. The van der Waals surface area contributed by atoms with Crippen LogP contribution in [0.15, 0.2) is 21.5 Å². The molecule has 2 aliphatic heterocycles. The third-order valence-corrected chi connectivity index (χ3v) is 4.50. The van der Waals surface area contributed by atoms with Crippen LogP contribution < -0.4 is 9.47 Å². The van der Waals surface area contributed by atoms with E-state index in [1.807, 2.05) is 0 Å². The largest absolute Gasteiger partial charge is 0.454 e. The molecule has 0 saturated carbocycles. The zero-order chi connectivity index (χ0) is 15.0. The Labute approximate surface area is 133 Å². The fourth-order valence-corrected chi connectivity index (χ4v) is 3.18. The van der Waals surface area contributed by atoms with E-state index in [-0.39, 0.29) is 24.5 Å². The summed E-state index contributed by atoms with van der Waals surface area (Å²) in [5.41, 5.74) is 0.727. The first-order chi connectivity index (χ1) is 10.1. The zero-order valence-electron chi connectivity index (χ0n) is 10.6. The minimum Gasteiger partial charge on any atom is -0.454 e. The number of hydrogen-bond donors (Lipinski definition) is 0. The molecule has 3 rings (SSSR count). The van der Waals surface area contributed by atoms with E-state index in [1.165, 1.54) is 0 Å². The number of ether oxygens (including phenoxy) is 2. The summed E-state index contributed by atoms with van der Waals surface area (Å²) in [4.78, 5) is 25.2. The summed E-state index contributed by atoms with van der Waals surface area (Å²) in [6.45, 7) is 0.147. The number of benzene rings is 1. The Hall–Kier alpha value is -1.91. The molecule has 2 heterocycles. The van der Waals surface area contributed by atoms with Crippen LogP contribution in [0.1, 0.15) is 5.56 Å². The number of imide groups is 1. The van der Waals surface area contributed by atoms with Gasteiger partial charge in [-0.25, -0.2) is 0 Å². The van der Waals surface area contributed by atoms with Crippen molar-refractivity contribution in [2.75, 3.05) is 13.3 Å². The molecule has 1 fully saturated rings. The lowest BCUT2D eigenvalue weighted by Gasteiger charge is -2.06. The van der Waals surface area contributed by atoms with Gasteiger partial charge >= 0.3 is 0 Å².